The van der Waals surface area contributed by atoms with E-state index in [4.69, 9.17) is 0 Å². The second-order valence-corrected chi connectivity index (χ2v) is 3.06. The Morgan fingerprint density at radius 3 is 2.75 bits per heavy atom. The lowest BCUT2D eigenvalue weighted by Gasteiger charge is -1.96. The fourth-order valence-corrected chi connectivity index (χ4v) is 1.62. The minimum Gasteiger partial charge on any atom is -0.348 e. The van der Waals surface area contributed by atoms with E-state index >= 15 is 0 Å². The van der Waals surface area contributed by atoms with Crippen molar-refractivity contribution in [3.05, 3.63) is 35.8 Å². The van der Waals surface area contributed by atoms with E-state index in [0.717, 1.165) is 10.9 Å². The molecule has 0 N–H and O–H groups in total. The molecule has 2 heteroatoms. The highest BCUT2D eigenvalue weighted by atomic mass is 19.1. The minimum atomic E-state index is -0.150. The highest BCUT2D eigenvalue weighted by Gasteiger charge is 2.05. The van der Waals surface area contributed by atoms with Gasteiger partial charge in [-0.25, -0.2) is 4.39 Å². The van der Waals surface area contributed by atoms with Gasteiger partial charge in [0.15, 0.2) is 0 Å². The normalized spacial score (nSPS) is 10.9. The molecular formula is C10H10FN. The number of rotatable bonds is 0. The lowest BCUT2D eigenvalue weighted by molar-refractivity contribution is 0.632. The SMILES string of the molecule is Cc1cn(C)c2c(F)cccc12. The molecule has 0 radical (unpaired) electrons. The summed E-state index contributed by atoms with van der Waals surface area (Å²) in [7, 11) is 1.86. The summed E-state index contributed by atoms with van der Waals surface area (Å²) in [6, 6.07) is 5.17. The zero-order valence-corrected chi connectivity index (χ0v) is 7.13. The van der Waals surface area contributed by atoms with Crippen LogP contribution >= 0.6 is 0 Å². The summed E-state index contributed by atoms with van der Waals surface area (Å²) < 4.78 is 15.1. The van der Waals surface area contributed by atoms with Crippen LogP contribution in [-0.4, -0.2) is 4.57 Å². The molecule has 62 valence electrons. The Kier molecular flexibility index (Phi) is 1.43. The standard InChI is InChI=1S/C10H10FN/c1-7-6-12(2)10-8(7)4-3-5-9(10)11/h3-6H,1-2H3. The van der Waals surface area contributed by atoms with E-state index < -0.39 is 0 Å². The van der Waals surface area contributed by atoms with Crippen molar-refractivity contribution in [2.75, 3.05) is 0 Å². The third-order valence-electron chi connectivity index (χ3n) is 2.15. The van der Waals surface area contributed by atoms with Gasteiger partial charge in [0.2, 0.25) is 0 Å². The molecule has 0 bridgehead atoms. The Morgan fingerprint density at radius 2 is 2.08 bits per heavy atom. The Balaban J connectivity index is 2.99. The summed E-state index contributed by atoms with van der Waals surface area (Å²) in [4.78, 5) is 0. The van der Waals surface area contributed by atoms with Gasteiger partial charge in [0, 0.05) is 18.6 Å². The van der Waals surface area contributed by atoms with Crippen molar-refractivity contribution in [3.63, 3.8) is 0 Å². The number of fused-ring (bicyclic) bond motifs is 1. The van der Waals surface area contributed by atoms with Gasteiger partial charge in [0.1, 0.15) is 5.82 Å². The molecule has 0 aliphatic rings. The maximum atomic E-state index is 13.2. The van der Waals surface area contributed by atoms with Crippen molar-refractivity contribution in [1.29, 1.82) is 0 Å². The third-order valence-corrected chi connectivity index (χ3v) is 2.15. The Morgan fingerprint density at radius 1 is 1.33 bits per heavy atom. The molecule has 0 atom stereocenters. The molecule has 0 spiro atoms. The topological polar surface area (TPSA) is 4.93 Å². The largest absolute Gasteiger partial charge is 0.348 e. The lowest BCUT2D eigenvalue weighted by atomic mass is 10.2. The molecule has 2 rings (SSSR count). The quantitative estimate of drug-likeness (QED) is 0.562. The molecule has 1 aromatic carbocycles. The highest BCUT2D eigenvalue weighted by molar-refractivity contribution is 5.84. The number of nitrogens with zero attached hydrogens (tertiary/aromatic N) is 1. The average molecular weight is 163 g/mol. The summed E-state index contributed by atoms with van der Waals surface area (Å²) in [5.41, 5.74) is 1.81. The highest BCUT2D eigenvalue weighted by Crippen LogP contribution is 2.21. The summed E-state index contributed by atoms with van der Waals surface area (Å²) in [5, 5.41) is 0.998. The molecule has 1 aromatic heterocycles. The van der Waals surface area contributed by atoms with Crippen LogP contribution in [-0.2, 0) is 7.05 Å². The van der Waals surface area contributed by atoms with Crippen LogP contribution in [0.15, 0.2) is 24.4 Å². The van der Waals surface area contributed by atoms with Crippen LogP contribution in [0.2, 0.25) is 0 Å². The molecule has 0 unspecified atom stereocenters. The van der Waals surface area contributed by atoms with E-state index in [9.17, 15) is 4.39 Å². The first-order valence-corrected chi connectivity index (χ1v) is 3.90. The van der Waals surface area contributed by atoms with Crippen molar-refractivity contribution in [2.24, 2.45) is 7.05 Å². The first-order valence-electron chi connectivity index (χ1n) is 3.90. The smallest absolute Gasteiger partial charge is 0.147 e. The number of hydrogen-bond donors (Lipinski definition) is 0. The number of aryl methyl sites for hydroxylation is 2. The van der Waals surface area contributed by atoms with E-state index in [-0.39, 0.29) is 5.82 Å². The van der Waals surface area contributed by atoms with Crippen LogP contribution in [0.3, 0.4) is 0 Å². The molecule has 0 aliphatic carbocycles. The van der Waals surface area contributed by atoms with Gasteiger partial charge >= 0.3 is 0 Å². The van der Waals surface area contributed by atoms with Crippen molar-refractivity contribution < 1.29 is 4.39 Å². The van der Waals surface area contributed by atoms with Crippen LogP contribution in [0.1, 0.15) is 5.56 Å². The summed E-state index contributed by atoms with van der Waals surface area (Å²) in [5.74, 6) is -0.150. The first kappa shape index (κ1) is 7.35. The Bertz CT molecular complexity index is 429. The van der Waals surface area contributed by atoms with E-state index in [0.29, 0.717) is 5.52 Å². The molecule has 0 fully saturated rings. The predicted octanol–water partition coefficient (Wildman–Crippen LogP) is 2.63. The second kappa shape index (κ2) is 2.34. The number of benzene rings is 1. The molecule has 0 amide bonds. The number of aromatic nitrogens is 1. The third kappa shape index (κ3) is 0.843. The number of para-hydroxylation sites is 1. The second-order valence-electron chi connectivity index (χ2n) is 3.06. The predicted molar refractivity (Wildman–Crippen MR) is 47.6 cm³/mol. The van der Waals surface area contributed by atoms with Gasteiger partial charge in [-0.2, -0.15) is 0 Å². The molecule has 0 aliphatic heterocycles. The fourth-order valence-electron chi connectivity index (χ4n) is 1.62. The molecule has 1 nitrogen and oxygen atoms in total. The lowest BCUT2D eigenvalue weighted by Crippen LogP contribution is -1.86. The monoisotopic (exact) mass is 163 g/mol. The fraction of sp³-hybridized carbons (Fsp3) is 0.200. The van der Waals surface area contributed by atoms with Crippen LogP contribution in [0.4, 0.5) is 4.39 Å². The molecule has 1 heterocycles. The summed E-state index contributed by atoms with van der Waals surface area (Å²) >= 11 is 0. The van der Waals surface area contributed by atoms with Crippen molar-refractivity contribution in [2.45, 2.75) is 6.92 Å². The zero-order chi connectivity index (χ0) is 8.72. The first-order chi connectivity index (χ1) is 5.70. The minimum absolute atomic E-state index is 0.150. The van der Waals surface area contributed by atoms with E-state index in [1.807, 2.05) is 30.8 Å². The van der Waals surface area contributed by atoms with E-state index in [2.05, 4.69) is 0 Å². The maximum absolute atomic E-state index is 13.2. The van der Waals surface area contributed by atoms with Crippen LogP contribution < -0.4 is 0 Å². The molecule has 2 aromatic rings. The van der Waals surface area contributed by atoms with Gasteiger partial charge < -0.3 is 4.57 Å². The van der Waals surface area contributed by atoms with Gasteiger partial charge in [-0.05, 0) is 18.6 Å². The summed E-state index contributed by atoms with van der Waals surface area (Å²) in [6.07, 6.45) is 1.94. The molecule has 0 saturated heterocycles. The molecule has 12 heavy (non-hydrogen) atoms. The van der Waals surface area contributed by atoms with Crippen molar-refractivity contribution >= 4 is 10.9 Å². The average Bonchev–Trinajstić information content (AvgIpc) is 2.29. The molecule has 0 saturated carbocycles. The van der Waals surface area contributed by atoms with Crippen LogP contribution in [0.5, 0.6) is 0 Å². The number of halogens is 1. The van der Waals surface area contributed by atoms with Gasteiger partial charge in [-0.15, -0.1) is 0 Å². The zero-order valence-electron chi connectivity index (χ0n) is 7.13. The number of hydrogen-bond acceptors (Lipinski definition) is 0. The summed E-state index contributed by atoms with van der Waals surface area (Å²) in [6.45, 7) is 1.99. The van der Waals surface area contributed by atoms with Gasteiger partial charge in [-0.1, -0.05) is 12.1 Å². The van der Waals surface area contributed by atoms with Crippen molar-refractivity contribution in [3.8, 4) is 0 Å². The van der Waals surface area contributed by atoms with Gasteiger partial charge in [-0.3, -0.25) is 0 Å². The van der Waals surface area contributed by atoms with E-state index in [1.54, 1.807) is 6.07 Å². The van der Waals surface area contributed by atoms with Crippen LogP contribution in [0.25, 0.3) is 10.9 Å². The van der Waals surface area contributed by atoms with E-state index in [1.165, 1.54) is 6.07 Å². The van der Waals surface area contributed by atoms with Crippen LogP contribution in [0, 0.1) is 12.7 Å². The Hall–Kier alpha value is -1.31. The molecular weight excluding hydrogens is 153 g/mol. The maximum Gasteiger partial charge on any atom is 0.147 e. The Labute approximate surface area is 70.4 Å². The van der Waals surface area contributed by atoms with Gasteiger partial charge in [0.05, 0.1) is 5.52 Å². The van der Waals surface area contributed by atoms with Gasteiger partial charge in [0.25, 0.3) is 0 Å². The van der Waals surface area contributed by atoms with Crippen molar-refractivity contribution in [1.82, 2.24) is 4.57 Å².